The van der Waals surface area contributed by atoms with E-state index in [2.05, 4.69) is 30.9 Å². The maximum atomic E-state index is 4.56. The molecule has 1 aliphatic heterocycles. The van der Waals surface area contributed by atoms with Crippen LogP contribution in [-0.2, 0) is 0 Å². The third kappa shape index (κ3) is 1.66. The van der Waals surface area contributed by atoms with E-state index in [1.54, 1.807) is 11.3 Å². The summed E-state index contributed by atoms with van der Waals surface area (Å²) in [7, 11) is 0. The van der Waals surface area contributed by atoms with Crippen LogP contribution in [0.5, 0.6) is 0 Å². The Balaban J connectivity index is 1.87. The Hall–Kier alpha value is -1.27. The molecule has 0 unspecified atom stereocenters. The Morgan fingerprint density at radius 2 is 2.47 bits per heavy atom. The second-order valence-electron chi connectivity index (χ2n) is 3.56. The first-order valence-corrected chi connectivity index (χ1v) is 5.86. The first-order valence-electron chi connectivity index (χ1n) is 4.98. The molecule has 5 nitrogen and oxygen atoms in total. The van der Waals surface area contributed by atoms with Crippen molar-refractivity contribution in [2.45, 2.75) is 18.9 Å². The predicted molar refractivity (Wildman–Crippen MR) is 57.5 cm³/mol. The molecule has 78 valence electrons. The molecule has 0 radical (unpaired) electrons. The topological polar surface area (TPSA) is 66.5 Å². The van der Waals surface area contributed by atoms with E-state index in [0.717, 1.165) is 23.1 Å². The van der Waals surface area contributed by atoms with Crippen LogP contribution in [0.25, 0.3) is 10.8 Å². The highest BCUT2D eigenvalue weighted by atomic mass is 32.1. The zero-order valence-electron chi connectivity index (χ0n) is 8.10. The molecule has 15 heavy (non-hydrogen) atoms. The summed E-state index contributed by atoms with van der Waals surface area (Å²) >= 11 is 1.61. The Labute approximate surface area is 91.0 Å². The quantitative estimate of drug-likeness (QED) is 0.803. The molecular formula is C9H11N5S. The molecule has 1 fully saturated rings. The van der Waals surface area contributed by atoms with Crippen molar-refractivity contribution in [3.8, 4) is 10.8 Å². The van der Waals surface area contributed by atoms with Gasteiger partial charge in [-0.05, 0) is 19.4 Å². The van der Waals surface area contributed by atoms with Crippen LogP contribution >= 0.6 is 11.3 Å². The van der Waals surface area contributed by atoms with Crippen molar-refractivity contribution >= 4 is 11.3 Å². The summed E-state index contributed by atoms with van der Waals surface area (Å²) in [6.45, 7) is 1.10. The van der Waals surface area contributed by atoms with Crippen LogP contribution in [0.3, 0.4) is 0 Å². The van der Waals surface area contributed by atoms with E-state index >= 15 is 0 Å². The van der Waals surface area contributed by atoms with Crippen molar-refractivity contribution < 1.29 is 0 Å². The molecule has 0 bridgehead atoms. The average Bonchev–Trinajstić information content (AvgIpc) is 3.02. The van der Waals surface area contributed by atoms with Crippen LogP contribution in [-0.4, -0.2) is 26.7 Å². The summed E-state index contributed by atoms with van der Waals surface area (Å²) in [6.07, 6.45) is 3.92. The SMILES string of the molecule is c1n[nH]c(-c2nc([C@H]3CCCN3)cs2)n1. The number of nitrogens with one attached hydrogen (secondary N) is 2. The largest absolute Gasteiger partial charge is 0.309 e. The first-order chi connectivity index (χ1) is 7.43. The van der Waals surface area contributed by atoms with Crippen molar-refractivity contribution in [1.82, 2.24) is 25.5 Å². The molecule has 2 aromatic heterocycles. The molecule has 0 amide bonds. The van der Waals surface area contributed by atoms with Crippen LogP contribution in [0, 0.1) is 0 Å². The molecule has 0 spiro atoms. The number of thiazole rings is 1. The minimum absolute atomic E-state index is 0.429. The highest BCUT2D eigenvalue weighted by Crippen LogP contribution is 2.27. The summed E-state index contributed by atoms with van der Waals surface area (Å²) in [4.78, 5) is 8.64. The van der Waals surface area contributed by atoms with Crippen molar-refractivity contribution in [3.05, 3.63) is 17.4 Å². The van der Waals surface area contributed by atoms with E-state index in [0.29, 0.717) is 6.04 Å². The molecule has 1 saturated heterocycles. The summed E-state index contributed by atoms with van der Waals surface area (Å²) in [5.74, 6) is 0.754. The van der Waals surface area contributed by atoms with Crippen LogP contribution in [0.1, 0.15) is 24.6 Å². The number of H-pyrrole nitrogens is 1. The number of aromatic amines is 1. The summed E-state index contributed by atoms with van der Waals surface area (Å²) < 4.78 is 0. The molecule has 1 atom stereocenters. The molecule has 1 aliphatic rings. The number of hydrogen-bond donors (Lipinski definition) is 2. The number of rotatable bonds is 2. The van der Waals surface area contributed by atoms with Gasteiger partial charge in [0.15, 0.2) is 10.8 Å². The van der Waals surface area contributed by atoms with Gasteiger partial charge in [-0.2, -0.15) is 5.10 Å². The second kappa shape index (κ2) is 3.71. The fourth-order valence-corrected chi connectivity index (χ4v) is 2.62. The Kier molecular flexibility index (Phi) is 2.22. The maximum absolute atomic E-state index is 4.56. The fraction of sp³-hybridized carbons (Fsp3) is 0.444. The molecule has 2 aromatic rings. The second-order valence-corrected chi connectivity index (χ2v) is 4.42. The molecule has 2 N–H and O–H groups in total. The van der Waals surface area contributed by atoms with Crippen molar-refractivity contribution in [1.29, 1.82) is 0 Å². The third-order valence-corrected chi connectivity index (χ3v) is 3.42. The third-order valence-electron chi connectivity index (χ3n) is 2.56. The molecule has 0 saturated carbocycles. The van der Waals surface area contributed by atoms with Gasteiger partial charge in [-0.1, -0.05) is 0 Å². The van der Waals surface area contributed by atoms with E-state index in [-0.39, 0.29) is 0 Å². The fourth-order valence-electron chi connectivity index (χ4n) is 1.80. The highest BCUT2D eigenvalue weighted by Gasteiger charge is 2.19. The van der Waals surface area contributed by atoms with E-state index in [9.17, 15) is 0 Å². The molecular weight excluding hydrogens is 210 g/mol. The Bertz CT molecular complexity index is 429. The standard InChI is InChI=1S/C9H11N5S/c1-2-6(10-3-1)7-4-15-9(13-7)8-11-5-12-14-8/h4-6,10H,1-3H2,(H,11,12,14)/t6-/m1/s1. The predicted octanol–water partition coefficient (Wildman–Crippen LogP) is 1.35. The van der Waals surface area contributed by atoms with Gasteiger partial charge in [0.1, 0.15) is 6.33 Å². The van der Waals surface area contributed by atoms with Gasteiger partial charge < -0.3 is 5.32 Å². The molecule has 3 heterocycles. The number of hydrogen-bond acceptors (Lipinski definition) is 5. The van der Waals surface area contributed by atoms with Gasteiger partial charge in [-0.3, -0.25) is 5.10 Å². The van der Waals surface area contributed by atoms with Crippen LogP contribution in [0.15, 0.2) is 11.7 Å². The van der Waals surface area contributed by atoms with Crippen LogP contribution in [0.4, 0.5) is 0 Å². The summed E-state index contributed by atoms with van der Waals surface area (Å²) in [5, 5.41) is 13.1. The minimum atomic E-state index is 0.429. The monoisotopic (exact) mass is 221 g/mol. The van der Waals surface area contributed by atoms with E-state index in [1.807, 2.05) is 0 Å². The average molecular weight is 221 g/mol. The molecule has 3 rings (SSSR count). The zero-order valence-corrected chi connectivity index (χ0v) is 8.92. The molecule has 6 heteroatoms. The summed E-state index contributed by atoms with van der Waals surface area (Å²) in [5.41, 5.74) is 1.13. The Morgan fingerprint density at radius 1 is 1.47 bits per heavy atom. The lowest BCUT2D eigenvalue weighted by molar-refractivity contribution is 0.632. The lowest BCUT2D eigenvalue weighted by Crippen LogP contribution is -2.12. The van der Waals surface area contributed by atoms with Gasteiger partial charge in [-0.25, -0.2) is 9.97 Å². The van der Waals surface area contributed by atoms with Gasteiger partial charge in [0, 0.05) is 5.38 Å². The van der Waals surface area contributed by atoms with Gasteiger partial charge in [0.05, 0.1) is 11.7 Å². The maximum Gasteiger partial charge on any atom is 0.184 e. The van der Waals surface area contributed by atoms with Crippen LogP contribution < -0.4 is 5.32 Å². The normalized spacial score (nSPS) is 20.9. The van der Waals surface area contributed by atoms with Gasteiger partial charge in [-0.15, -0.1) is 11.3 Å². The molecule has 0 aromatic carbocycles. The van der Waals surface area contributed by atoms with E-state index in [1.165, 1.54) is 19.2 Å². The van der Waals surface area contributed by atoms with Crippen molar-refractivity contribution in [3.63, 3.8) is 0 Å². The summed E-state index contributed by atoms with van der Waals surface area (Å²) in [6, 6.07) is 0.429. The lowest BCUT2D eigenvalue weighted by Gasteiger charge is -2.04. The highest BCUT2D eigenvalue weighted by molar-refractivity contribution is 7.13. The smallest absolute Gasteiger partial charge is 0.184 e. The van der Waals surface area contributed by atoms with Gasteiger partial charge >= 0.3 is 0 Å². The lowest BCUT2D eigenvalue weighted by atomic mass is 10.2. The van der Waals surface area contributed by atoms with Crippen LogP contribution in [0.2, 0.25) is 0 Å². The zero-order chi connectivity index (χ0) is 10.1. The van der Waals surface area contributed by atoms with Crippen molar-refractivity contribution in [2.75, 3.05) is 6.54 Å². The molecule has 0 aliphatic carbocycles. The van der Waals surface area contributed by atoms with E-state index in [4.69, 9.17) is 0 Å². The first kappa shape index (κ1) is 8.99. The van der Waals surface area contributed by atoms with Gasteiger partial charge in [0.2, 0.25) is 0 Å². The number of nitrogens with zero attached hydrogens (tertiary/aromatic N) is 3. The Morgan fingerprint density at radius 3 is 3.20 bits per heavy atom. The minimum Gasteiger partial charge on any atom is -0.309 e. The van der Waals surface area contributed by atoms with E-state index < -0.39 is 0 Å². The van der Waals surface area contributed by atoms with Gasteiger partial charge in [0.25, 0.3) is 0 Å². The van der Waals surface area contributed by atoms with Crippen molar-refractivity contribution in [2.24, 2.45) is 0 Å². The number of aromatic nitrogens is 4.